The van der Waals surface area contributed by atoms with Crippen LogP contribution >= 0.6 is 0 Å². The molecule has 114 valence electrons. The standard InChI is InChI=1S/C14H18N2O5/c1-9(13(18)16-14(19)15-2)21-12(17)8-10-5-4-6-11(7-10)20-3/h4-7,9H,8H2,1-3H3,(H2,15,16,18,19)/t9-/m1/s1. The fourth-order valence-electron chi connectivity index (χ4n) is 1.52. The van der Waals surface area contributed by atoms with Gasteiger partial charge in [-0.3, -0.25) is 14.9 Å². The number of carbonyl (C=O) groups excluding carboxylic acids is 3. The number of esters is 1. The van der Waals surface area contributed by atoms with E-state index in [0.717, 1.165) is 0 Å². The normalized spacial score (nSPS) is 11.2. The van der Waals surface area contributed by atoms with Crippen LogP contribution < -0.4 is 15.4 Å². The van der Waals surface area contributed by atoms with E-state index in [2.05, 4.69) is 5.32 Å². The molecule has 1 aromatic carbocycles. The van der Waals surface area contributed by atoms with Gasteiger partial charge < -0.3 is 14.8 Å². The summed E-state index contributed by atoms with van der Waals surface area (Å²) < 4.78 is 10.0. The van der Waals surface area contributed by atoms with E-state index in [4.69, 9.17) is 9.47 Å². The Morgan fingerprint density at radius 2 is 2.00 bits per heavy atom. The Morgan fingerprint density at radius 1 is 1.29 bits per heavy atom. The van der Waals surface area contributed by atoms with Crippen LogP contribution in [0, 0.1) is 0 Å². The largest absolute Gasteiger partial charge is 0.497 e. The number of ether oxygens (including phenoxy) is 2. The van der Waals surface area contributed by atoms with Gasteiger partial charge in [0.25, 0.3) is 5.91 Å². The van der Waals surface area contributed by atoms with Crippen LogP contribution in [-0.4, -0.2) is 38.2 Å². The molecule has 3 amide bonds. The Kier molecular flexibility index (Phi) is 6.19. The Labute approximate surface area is 122 Å². The van der Waals surface area contributed by atoms with Crippen molar-refractivity contribution < 1.29 is 23.9 Å². The van der Waals surface area contributed by atoms with Crippen LogP contribution in [0.15, 0.2) is 24.3 Å². The van der Waals surface area contributed by atoms with Gasteiger partial charge in [-0.15, -0.1) is 0 Å². The summed E-state index contributed by atoms with van der Waals surface area (Å²) in [7, 11) is 2.91. The van der Waals surface area contributed by atoms with Gasteiger partial charge in [-0.25, -0.2) is 4.79 Å². The molecule has 0 aliphatic carbocycles. The highest BCUT2D eigenvalue weighted by Crippen LogP contribution is 2.13. The van der Waals surface area contributed by atoms with Crippen LogP contribution in [0.2, 0.25) is 0 Å². The van der Waals surface area contributed by atoms with Gasteiger partial charge in [0.1, 0.15) is 5.75 Å². The maximum Gasteiger partial charge on any atom is 0.321 e. The smallest absolute Gasteiger partial charge is 0.321 e. The fraction of sp³-hybridized carbons (Fsp3) is 0.357. The Balaban J connectivity index is 2.52. The summed E-state index contributed by atoms with van der Waals surface area (Å²) in [5, 5.41) is 4.26. The zero-order valence-corrected chi connectivity index (χ0v) is 12.1. The lowest BCUT2D eigenvalue weighted by atomic mass is 10.1. The number of imide groups is 1. The summed E-state index contributed by atoms with van der Waals surface area (Å²) in [6.45, 7) is 1.39. The number of hydrogen-bond donors (Lipinski definition) is 2. The van der Waals surface area contributed by atoms with E-state index < -0.39 is 24.0 Å². The minimum absolute atomic E-state index is 0.00872. The molecule has 0 aromatic heterocycles. The monoisotopic (exact) mass is 294 g/mol. The minimum Gasteiger partial charge on any atom is -0.497 e. The zero-order valence-electron chi connectivity index (χ0n) is 12.1. The van der Waals surface area contributed by atoms with Crippen molar-refractivity contribution in [3.8, 4) is 5.75 Å². The molecule has 2 N–H and O–H groups in total. The number of urea groups is 1. The van der Waals surface area contributed by atoms with Crippen molar-refractivity contribution in [1.82, 2.24) is 10.6 Å². The second-order valence-corrected chi connectivity index (χ2v) is 4.23. The van der Waals surface area contributed by atoms with E-state index in [1.54, 1.807) is 24.3 Å². The lowest BCUT2D eigenvalue weighted by Crippen LogP contribution is -2.43. The first kappa shape index (κ1) is 16.5. The molecule has 0 saturated carbocycles. The first-order chi connectivity index (χ1) is 9.96. The van der Waals surface area contributed by atoms with Gasteiger partial charge in [0, 0.05) is 7.05 Å². The van der Waals surface area contributed by atoms with Crippen molar-refractivity contribution in [2.75, 3.05) is 14.2 Å². The SMILES string of the molecule is CNC(=O)NC(=O)[C@@H](C)OC(=O)Cc1cccc(OC)c1. The second kappa shape index (κ2) is 7.88. The quantitative estimate of drug-likeness (QED) is 0.777. The van der Waals surface area contributed by atoms with E-state index >= 15 is 0 Å². The predicted octanol–water partition coefficient (Wildman–Crippen LogP) is 0.625. The minimum atomic E-state index is -1.06. The summed E-state index contributed by atoms with van der Waals surface area (Å²) in [4.78, 5) is 34.2. The highest BCUT2D eigenvalue weighted by Gasteiger charge is 2.19. The average molecular weight is 294 g/mol. The van der Waals surface area contributed by atoms with Crippen LogP contribution in [0.25, 0.3) is 0 Å². The maximum absolute atomic E-state index is 11.7. The number of benzene rings is 1. The molecule has 1 atom stereocenters. The third-order valence-corrected chi connectivity index (χ3v) is 2.62. The number of methoxy groups -OCH3 is 1. The molecule has 0 aliphatic rings. The summed E-state index contributed by atoms with van der Waals surface area (Å²) in [6, 6.07) is 6.31. The molecule has 7 heteroatoms. The van der Waals surface area contributed by atoms with Crippen LogP contribution in [0.5, 0.6) is 5.75 Å². The number of rotatable bonds is 5. The van der Waals surface area contributed by atoms with Crippen LogP contribution in [0.1, 0.15) is 12.5 Å². The molecule has 0 bridgehead atoms. The van der Waals surface area contributed by atoms with Crippen molar-refractivity contribution in [3.05, 3.63) is 29.8 Å². The third-order valence-electron chi connectivity index (χ3n) is 2.62. The first-order valence-electron chi connectivity index (χ1n) is 6.31. The van der Waals surface area contributed by atoms with E-state index in [1.807, 2.05) is 5.32 Å². The number of carbonyl (C=O) groups is 3. The van der Waals surface area contributed by atoms with Gasteiger partial charge in [0.15, 0.2) is 6.10 Å². The van der Waals surface area contributed by atoms with E-state index in [1.165, 1.54) is 21.1 Å². The second-order valence-electron chi connectivity index (χ2n) is 4.23. The van der Waals surface area contributed by atoms with E-state index in [-0.39, 0.29) is 6.42 Å². The molecule has 1 rings (SSSR count). The van der Waals surface area contributed by atoms with Crippen molar-refractivity contribution in [3.63, 3.8) is 0 Å². The average Bonchev–Trinajstić information content (AvgIpc) is 2.46. The summed E-state index contributed by atoms with van der Waals surface area (Å²) in [5.74, 6) is -0.623. The van der Waals surface area contributed by atoms with Gasteiger partial charge in [0.05, 0.1) is 13.5 Å². The predicted molar refractivity (Wildman–Crippen MR) is 74.9 cm³/mol. The van der Waals surface area contributed by atoms with Gasteiger partial charge in [0.2, 0.25) is 0 Å². The maximum atomic E-state index is 11.7. The Hall–Kier alpha value is -2.57. The molecule has 0 unspecified atom stereocenters. The lowest BCUT2D eigenvalue weighted by Gasteiger charge is -2.12. The number of nitrogens with one attached hydrogen (secondary N) is 2. The van der Waals surface area contributed by atoms with Gasteiger partial charge >= 0.3 is 12.0 Å². The molecule has 0 aliphatic heterocycles. The highest BCUT2D eigenvalue weighted by molar-refractivity contribution is 5.97. The van der Waals surface area contributed by atoms with Crippen molar-refractivity contribution in [2.45, 2.75) is 19.4 Å². The molecule has 7 nitrogen and oxygen atoms in total. The van der Waals surface area contributed by atoms with Gasteiger partial charge in [-0.1, -0.05) is 12.1 Å². The highest BCUT2D eigenvalue weighted by atomic mass is 16.5. The Morgan fingerprint density at radius 3 is 2.62 bits per heavy atom. The molecule has 0 radical (unpaired) electrons. The number of amides is 3. The molecule has 0 heterocycles. The molecule has 0 fully saturated rings. The molecular weight excluding hydrogens is 276 g/mol. The van der Waals surface area contributed by atoms with Crippen molar-refractivity contribution in [1.29, 1.82) is 0 Å². The topological polar surface area (TPSA) is 93.7 Å². The third kappa shape index (κ3) is 5.52. The van der Waals surface area contributed by atoms with Crippen LogP contribution in [0.4, 0.5) is 4.79 Å². The summed E-state index contributed by atoms with van der Waals surface area (Å²) in [6.07, 6.45) is -1.05. The van der Waals surface area contributed by atoms with E-state index in [9.17, 15) is 14.4 Å². The fourth-order valence-corrected chi connectivity index (χ4v) is 1.52. The molecule has 21 heavy (non-hydrogen) atoms. The molecule has 1 aromatic rings. The van der Waals surface area contributed by atoms with Gasteiger partial charge in [-0.05, 0) is 24.6 Å². The van der Waals surface area contributed by atoms with Crippen molar-refractivity contribution >= 4 is 17.9 Å². The molecular formula is C14H18N2O5. The number of hydrogen-bond acceptors (Lipinski definition) is 5. The summed E-state index contributed by atoms with van der Waals surface area (Å²) in [5.41, 5.74) is 0.707. The van der Waals surface area contributed by atoms with Crippen LogP contribution in [0.3, 0.4) is 0 Å². The van der Waals surface area contributed by atoms with E-state index in [0.29, 0.717) is 11.3 Å². The first-order valence-corrected chi connectivity index (χ1v) is 6.31. The lowest BCUT2D eigenvalue weighted by molar-refractivity contribution is -0.153. The zero-order chi connectivity index (χ0) is 15.8. The molecule has 0 saturated heterocycles. The molecule has 0 spiro atoms. The summed E-state index contributed by atoms with van der Waals surface area (Å²) >= 11 is 0. The van der Waals surface area contributed by atoms with Gasteiger partial charge in [-0.2, -0.15) is 0 Å². The Bertz CT molecular complexity index is 530. The van der Waals surface area contributed by atoms with Crippen molar-refractivity contribution in [2.24, 2.45) is 0 Å². The van der Waals surface area contributed by atoms with Crippen LogP contribution in [-0.2, 0) is 20.7 Å².